The molecule has 1 saturated heterocycles. The summed E-state index contributed by atoms with van der Waals surface area (Å²) < 4.78 is 0. The minimum atomic E-state index is -1.39. The van der Waals surface area contributed by atoms with Crippen LogP contribution in [0.4, 0.5) is 0 Å². The van der Waals surface area contributed by atoms with Crippen LogP contribution in [0.5, 0.6) is 5.75 Å². The summed E-state index contributed by atoms with van der Waals surface area (Å²) in [6.07, 6.45) is 13.8. The number of aliphatic hydroxyl groups is 5. The fourth-order valence-electron chi connectivity index (χ4n) is 9.43. The Labute approximate surface area is 365 Å². The van der Waals surface area contributed by atoms with E-state index in [1.165, 1.54) is 0 Å². The largest absolute Gasteiger partial charge is 0.508 e. The van der Waals surface area contributed by atoms with Gasteiger partial charge in [0.15, 0.2) is 0 Å². The molecule has 0 aliphatic carbocycles. The Bertz CT molecular complexity index is 1790. The zero-order chi connectivity index (χ0) is 44.4. The molecule has 0 amide bonds. The van der Waals surface area contributed by atoms with Gasteiger partial charge in [0, 0.05) is 55.6 Å². The first-order valence-corrected chi connectivity index (χ1v) is 23.1. The number of aromatic hydroxyl groups is 1. The molecule has 0 aromatic heterocycles. The fourth-order valence-corrected chi connectivity index (χ4v) is 9.43. The van der Waals surface area contributed by atoms with Crippen molar-refractivity contribution in [3.8, 4) is 17.6 Å². The number of aliphatic hydroxyl groups excluding tert-OH is 4. The highest BCUT2D eigenvalue weighted by Gasteiger charge is 2.36. The number of carbonyl (C=O) groups is 1. The van der Waals surface area contributed by atoms with E-state index in [1.807, 2.05) is 12.2 Å². The molecule has 4 rings (SSSR count). The summed E-state index contributed by atoms with van der Waals surface area (Å²) in [4.78, 5) is 12.0. The van der Waals surface area contributed by atoms with Gasteiger partial charge in [-0.05, 0) is 130 Å². The Morgan fingerprint density at radius 1 is 1.00 bits per heavy atom. The second-order valence-corrected chi connectivity index (χ2v) is 18.0. The number of nitrogens with one attached hydrogen (secondary N) is 2. The number of aliphatic carboxylic acids is 1. The van der Waals surface area contributed by atoms with E-state index in [1.54, 1.807) is 25.1 Å². The first-order valence-electron chi connectivity index (χ1n) is 23.1. The van der Waals surface area contributed by atoms with E-state index in [0.717, 1.165) is 96.8 Å². The van der Waals surface area contributed by atoms with Crippen molar-refractivity contribution in [2.45, 2.75) is 185 Å². The molecule has 0 bridgehead atoms. The van der Waals surface area contributed by atoms with Crippen LogP contribution >= 0.6 is 0 Å². The fraction of sp³-hybridized carbons (Fsp3) is 0.627. The van der Waals surface area contributed by atoms with Crippen LogP contribution in [-0.2, 0) is 30.5 Å². The Hall–Kier alpha value is -3.53. The molecule has 0 radical (unpaired) electrons. The maximum absolute atomic E-state index is 12.7. The number of phenols is 1. The summed E-state index contributed by atoms with van der Waals surface area (Å²) in [6.45, 7) is 7.66. The van der Waals surface area contributed by atoms with Gasteiger partial charge in [-0.2, -0.15) is 0 Å². The number of carboxylic acids is 1. The SMILES string of the molecule is CCCCC[C@H](O)/C=C/C1=C(\C[C@H](O)CO)[C@H](CCC[C@@H]2N[C@@H](C)CCC[C@@H]2CC(=O)O)N[C@@H]([C@@](C)(O)Cc2ccc(O)cc2CCO)CC#Cc2c(CC)cccc2CC1. The number of carboxylic acid groups (broad SMARTS) is 1. The third kappa shape index (κ3) is 16.0. The smallest absolute Gasteiger partial charge is 0.303 e. The highest BCUT2D eigenvalue weighted by atomic mass is 16.4. The third-order valence-corrected chi connectivity index (χ3v) is 12.9. The number of phenolic OH excluding ortho intramolecular Hbond substituents is 1. The third-order valence-electron chi connectivity index (χ3n) is 12.9. The predicted octanol–water partition coefficient (Wildman–Crippen LogP) is 6.83. The molecule has 1 fully saturated rings. The number of hydrogen-bond acceptors (Lipinski definition) is 9. The summed E-state index contributed by atoms with van der Waals surface area (Å²) >= 11 is 0. The summed E-state index contributed by atoms with van der Waals surface area (Å²) in [5.41, 5.74) is 5.24. The zero-order valence-corrected chi connectivity index (χ0v) is 37.3. The maximum Gasteiger partial charge on any atom is 0.303 e. The van der Waals surface area contributed by atoms with Crippen LogP contribution in [0.1, 0.15) is 145 Å². The highest BCUT2D eigenvalue weighted by molar-refractivity contribution is 5.67. The lowest BCUT2D eigenvalue weighted by molar-refractivity contribution is -0.138. The summed E-state index contributed by atoms with van der Waals surface area (Å²) in [5, 5.41) is 83.0. The summed E-state index contributed by atoms with van der Waals surface area (Å²) in [7, 11) is 0. The van der Waals surface area contributed by atoms with Gasteiger partial charge in [-0.15, -0.1) is 0 Å². The number of hydrogen-bond donors (Lipinski definition) is 9. The van der Waals surface area contributed by atoms with E-state index in [0.29, 0.717) is 32.1 Å². The predicted molar refractivity (Wildman–Crippen MR) is 243 cm³/mol. The number of benzene rings is 2. The molecule has 338 valence electrons. The van der Waals surface area contributed by atoms with Crippen molar-refractivity contribution >= 4 is 5.97 Å². The molecule has 61 heavy (non-hydrogen) atoms. The molecule has 10 nitrogen and oxygen atoms in total. The maximum atomic E-state index is 12.7. The van der Waals surface area contributed by atoms with E-state index >= 15 is 0 Å². The molecule has 9 N–H and O–H groups in total. The first-order chi connectivity index (χ1) is 29.3. The number of allylic oxidation sites excluding steroid dienone is 2. The van der Waals surface area contributed by atoms with Gasteiger partial charge in [-0.1, -0.05) is 94.2 Å². The van der Waals surface area contributed by atoms with E-state index in [4.69, 9.17) is 0 Å². The Morgan fingerprint density at radius 2 is 1.80 bits per heavy atom. The van der Waals surface area contributed by atoms with Crippen LogP contribution < -0.4 is 10.6 Å². The van der Waals surface area contributed by atoms with Crippen LogP contribution in [0.3, 0.4) is 0 Å². The lowest BCUT2D eigenvalue weighted by atomic mass is 9.81. The van der Waals surface area contributed by atoms with Crippen molar-refractivity contribution in [1.29, 1.82) is 0 Å². The summed E-state index contributed by atoms with van der Waals surface area (Å²) in [6, 6.07) is 10.6. The Balaban J connectivity index is 1.88. The van der Waals surface area contributed by atoms with Crippen LogP contribution in [0.25, 0.3) is 0 Å². The molecule has 10 heteroatoms. The molecule has 2 aliphatic heterocycles. The molecule has 0 saturated carbocycles. The first kappa shape index (κ1) is 50.1. The topological polar surface area (TPSA) is 183 Å². The quantitative estimate of drug-likeness (QED) is 0.0478. The van der Waals surface area contributed by atoms with Crippen molar-refractivity contribution in [3.63, 3.8) is 0 Å². The van der Waals surface area contributed by atoms with Crippen molar-refractivity contribution in [2.24, 2.45) is 5.92 Å². The van der Waals surface area contributed by atoms with Gasteiger partial charge < -0.3 is 46.4 Å². The molecule has 2 aromatic carbocycles. The van der Waals surface area contributed by atoms with Gasteiger partial charge in [0.1, 0.15) is 5.75 Å². The monoisotopic (exact) mass is 845 g/mol. The lowest BCUT2D eigenvalue weighted by Gasteiger charge is -2.38. The van der Waals surface area contributed by atoms with Crippen LogP contribution in [0.15, 0.2) is 59.7 Å². The average Bonchev–Trinajstić information content (AvgIpc) is 3.39. The van der Waals surface area contributed by atoms with Crippen LogP contribution in [-0.4, -0.2) is 96.9 Å². The molecule has 8 atom stereocenters. The van der Waals surface area contributed by atoms with Gasteiger partial charge in [0.05, 0.1) is 24.4 Å². The number of aryl methyl sites for hydroxylation is 2. The molecule has 2 aliphatic rings. The minimum absolute atomic E-state index is 0.000827. The molecule has 2 heterocycles. The molecule has 2 aromatic rings. The Kier molecular flexibility index (Phi) is 21.0. The molecular weight excluding hydrogens is 769 g/mol. The zero-order valence-electron chi connectivity index (χ0n) is 37.3. The van der Waals surface area contributed by atoms with Gasteiger partial charge in [-0.3, -0.25) is 4.79 Å². The van der Waals surface area contributed by atoms with Crippen LogP contribution in [0.2, 0.25) is 0 Å². The van der Waals surface area contributed by atoms with Crippen LogP contribution in [0, 0.1) is 17.8 Å². The lowest BCUT2D eigenvalue weighted by Crippen LogP contribution is -2.54. The van der Waals surface area contributed by atoms with Gasteiger partial charge in [0.25, 0.3) is 0 Å². The Morgan fingerprint density at radius 3 is 2.52 bits per heavy atom. The van der Waals surface area contributed by atoms with Crippen molar-refractivity contribution in [1.82, 2.24) is 10.6 Å². The van der Waals surface area contributed by atoms with Crippen molar-refractivity contribution in [3.05, 3.63) is 87.5 Å². The molecule has 0 unspecified atom stereocenters. The summed E-state index contributed by atoms with van der Waals surface area (Å²) in [5.74, 6) is 6.27. The molecule has 0 spiro atoms. The van der Waals surface area contributed by atoms with Gasteiger partial charge in [-0.25, -0.2) is 0 Å². The van der Waals surface area contributed by atoms with Gasteiger partial charge >= 0.3 is 5.97 Å². The standard InChI is InChI=1S/C51H76N2O8/c1-5-7-8-17-42(56)26-24-38-23-22-37-15-10-14-36(6-2)45(37)18-11-21-49(51(4,61)33-41-25-27-43(57)30-39(41)28-29-54)53-48(46(38)32-44(58)34-55)20-12-19-47-40(31-50(59)60)16-9-13-35(3)52-47/h10,14-15,24-27,30,35,40,42,44,47-49,52-58,61H,5-9,12-13,16-17,19-23,28-29,31-34H2,1-4H3,(H,59,60)/b26-24+,46-38+/t35-,40+,42-,44-,47-,48-,49+,51-/m0/s1. The number of rotatable bonds is 21. The second-order valence-electron chi connectivity index (χ2n) is 18.0. The average molecular weight is 845 g/mol. The van der Waals surface area contributed by atoms with E-state index in [-0.39, 0.29) is 56.0 Å². The second kappa shape index (κ2) is 25.5. The van der Waals surface area contributed by atoms with E-state index in [9.17, 15) is 40.5 Å². The molecular formula is C51H76N2O8. The van der Waals surface area contributed by atoms with E-state index < -0.39 is 42.5 Å². The van der Waals surface area contributed by atoms with E-state index in [2.05, 4.69) is 61.4 Å². The minimum Gasteiger partial charge on any atom is -0.508 e. The van der Waals surface area contributed by atoms with Gasteiger partial charge in [0.2, 0.25) is 0 Å². The number of fused-ring (bicyclic) bond motifs is 1. The highest BCUT2D eigenvalue weighted by Crippen LogP contribution is 2.32. The normalized spacial score (nSPS) is 24.6. The van der Waals surface area contributed by atoms with Crippen molar-refractivity contribution < 1.29 is 40.5 Å². The van der Waals surface area contributed by atoms with Crippen molar-refractivity contribution in [2.75, 3.05) is 13.2 Å². The number of unbranched alkanes of at least 4 members (excludes halogenated alkanes) is 2.